The first-order valence-corrected chi connectivity index (χ1v) is 6.94. The van der Waals surface area contributed by atoms with E-state index in [1.807, 2.05) is 0 Å². The maximum absolute atomic E-state index is 12.0. The molecule has 3 N–H and O–H groups in total. The Hall–Kier alpha value is -0.970. The van der Waals surface area contributed by atoms with E-state index in [1.165, 1.54) is 0 Å². The summed E-state index contributed by atoms with van der Waals surface area (Å²) in [5.41, 5.74) is 6.42. The average Bonchev–Trinajstić information content (AvgIpc) is 2.27. The van der Waals surface area contributed by atoms with Crippen LogP contribution in [0.15, 0.2) is 12.1 Å². The van der Waals surface area contributed by atoms with Crippen molar-refractivity contribution in [1.82, 2.24) is 0 Å². The Morgan fingerprint density at radius 1 is 1.42 bits per heavy atom. The topological polar surface area (TPSA) is 64.3 Å². The van der Waals surface area contributed by atoms with Gasteiger partial charge in [-0.05, 0) is 38.3 Å². The molecule has 0 saturated heterocycles. The summed E-state index contributed by atoms with van der Waals surface area (Å²) in [5, 5.41) is 3.30. The highest BCUT2D eigenvalue weighted by atomic mass is 35.5. The molecule has 1 aromatic carbocycles. The predicted octanol–water partition coefficient (Wildman–Crippen LogP) is 3.47. The Morgan fingerprint density at radius 3 is 2.47 bits per heavy atom. The SMILES string of the molecule is CC(OC1CCC1)C(=O)Nc1c(Cl)cc(N)cc1Cl. The highest BCUT2D eigenvalue weighted by Crippen LogP contribution is 2.33. The summed E-state index contributed by atoms with van der Waals surface area (Å²) in [6.45, 7) is 1.72. The van der Waals surface area contributed by atoms with Gasteiger partial charge in [0.15, 0.2) is 0 Å². The number of anilines is 2. The summed E-state index contributed by atoms with van der Waals surface area (Å²) in [6.07, 6.45) is 2.85. The van der Waals surface area contributed by atoms with E-state index in [0.717, 1.165) is 19.3 Å². The van der Waals surface area contributed by atoms with Crippen molar-refractivity contribution < 1.29 is 9.53 Å². The van der Waals surface area contributed by atoms with Crippen LogP contribution in [0.2, 0.25) is 10.0 Å². The van der Waals surface area contributed by atoms with E-state index in [2.05, 4.69) is 5.32 Å². The molecule has 0 aliphatic heterocycles. The summed E-state index contributed by atoms with van der Waals surface area (Å²) in [5.74, 6) is -0.263. The number of rotatable bonds is 4. The highest BCUT2D eigenvalue weighted by Gasteiger charge is 2.24. The minimum Gasteiger partial charge on any atom is -0.399 e. The molecule has 4 nitrogen and oxygen atoms in total. The molecular weight excluding hydrogens is 287 g/mol. The largest absolute Gasteiger partial charge is 0.399 e. The molecule has 2 rings (SSSR count). The number of hydrogen-bond donors (Lipinski definition) is 2. The Morgan fingerprint density at radius 2 is 2.00 bits per heavy atom. The Labute approximate surface area is 122 Å². The van der Waals surface area contributed by atoms with Crippen molar-refractivity contribution >= 4 is 40.5 Å². The van der Waals surface area contributed by atoms with Crippen molar-refractivity contribution in [3.8, 4) is 0 Å². The highest BCUT2D eigenvalue weighted by molar-refractivity contribution is 6.40. The number of nitrogens with one attached hydrogen (secondary N) is 1. The van der Waals surface area contributed by atoms with Crippen LogP contribution in [0.3, 0.4) is 0 Å². The number of halogens is 2. The lowest BCUT2D eigenvalue weighted by Crippen LogP contribution is -2.34. The summed E-state index contributed by atoms with van der Waals surface area (Å²) in [4.78, 5) is 12.0. The van der Waals surface area contributed by atoms with Gasteiger partial charge in [-0.1, -0.05) is 23.2 Å². The van der Waals surface area contributed by atoms with Gasteiger partial charge in [-0.15, -0.1) is 0 Å². The van der Waals surface area contributed by atoms with Gasteiger partial charge in [0.05, 0.1) is 21.8 Å². The third kappa shape index (κ3) is 3.53. The molecule has 0 radical (unpaired) electrons. The van der Waals surface area contributed by atoms with E-state index < -0.39 is 6.10 Å². The van der Waals surface area contributed by atoms with Crippen LogP contribution in [0.5, 0.6) is 0 Å². The minimum atomic E-state index is -0.532. The second kappa shape index (κ2) is 5.99. The summed E-state index contributed by atoms with van der Waals surface area (Å²) < 4.78 is 5.60. The first kappa shape index (κ1) is 14.4. The quantitative estimate of drug-likeness (QED) is 0.837. The maximum atomic E-state index is 12.0. The van der Waals surface area contributed by atoms with E-state index in [9.17, 15) is 4.79 Å². The fourth-order valence-corrected chi connectivity index (χ4v) is 2.39. The van der Waals surface area contributed by atoms with Gasteiger partial charge < -0.3 is 15.8 Å². The molecule has 104 valence electrons. The molecular formula is C13H16Cl2N2O2. The second-order valence-electron chi connectivity index (χ2n) is 4.68. The molecule has 1 aromatic rings. The van der Waals surface area contributed by atoms with E-state index in [0.29, 0.717) is 21.4 Å². The van der Waals surface area contributed by atoms with Crippen LogP contribution in [-0.2, 0) is 9.53 Å². The van der Waals surface area contributed by atoms with Gasteiger partial charge >= 0.3 is 0 Å². The van der Waals surface area contributed by atoms with Crippen molar-refractivity contribution in [1.29, 1.82) is 0 Å². The van der Waals surface area contributed by atoms with Crippen molar-refractivity contribution in [2.45, 2.75) is 38.4 Å². The third-order valence-electron chi connectivity index (χ3n) is 3.13. The van der Waals surface area contributed by atoms with Crippen molar-refractivity contribution in [3.63, 3.8) is 0 Å². The molecule has 6 heteroatoms. The molecule has 1 saturated carbocycles. The Bertz CT molecular complexity index is 467. The molecule has 19 heavy (non-hydrogen) atoms. The molecule has 1 unspecified atom stereocenters. The molecule has 1 amide bonds. The van der Waals surface area contributed by atoms with Crippen LogP contribution in [-0.4, -0.2) is 18.1 Å². The summed E-state index contributed by atoms with van der Waals surface area (Å²) in [7, 11) is 0. The van der Waals surface area contributed by atoms with Gasteiger partial charge in [-0.2, -0.15) is 0 Å². The van der Waals surface area contributed by atoms with Crippen molar-refractivity contribution in [2.75, 3.05) is 11.1 Å². The molecule has 1 aliphatic rings. The first-order chi connectivity index (χ1) is 8.97. The maximum Gasteiger partial charge on any atom is 0.253 e. The fraction of sp³-hybridized carbons (Fsp3) is 0.462. The number of amides is 1. The third-order valence-corrected chi connectivity index (χ3v) is 3.73. The lowest BCUT2D eigenvalue weighted by molar-refractivity contribution is -0.133. The number of carbonyl (C=O) groups is 1. The van der Waals surface area contributed by atoms with Crippen LogP contribution < -0.4 is 11.1 Å². The minimum absolute atomic E-state index is 0.193. The van der Waals surface area contributed by atoms with Gasteiger partial charge in [0, 0.05) is 5.69 Å². The van der Waals surface area contributed by atoms with Gasteiger partial charge in [-0.25, -0.2) is 0 Å². The second-order valence-corrected chi connectivity index (χ2v) is 5.49. The van der Waals surface area contributed by atoms with Crippen LogP contribution in [0.25, 0.3) is 0 Å². The smallest absolute Gasteiger partial charge is 0.253 e. The predicted molar refractivity (Wildman–Crippen MR) is 77.7 cm³/mol. The van der Waals surface area contributed by atoms with Crippen LogP contribution >= 0.6 is 23.2 Å². The zero-order valence-corrected chi connectivity index (χ0v) is 12.1. The standard InChI is InChI=1S/C13H16Cl2N2O2/c1-7(19-9-3-2-4-9)13(18)17-12-10(14)5-8(16)6-11(12)15/h5-7,9H,2-4,16H2,1H3,(H,17,18). The van der Waals surface area contributed by atoms with Crippen molar-refractivity contribution in [2.24, 2.45) is 0 Å². The van der Waals surface area contributed by atoms with E-state index in [1.54, 1.807) is 19.1 Å². The lowest BCUT2D eigenvalue weighted by atomic mass is 9.96. The van der Waals surface area contributed by atoms with Crippen LogP contribution in [0.4, 0.5) is 11.4 Å². The van der Waals surface area contributed by atoms with Gasteiger partial charge in [0.25, 0.3) is 5.91 Å². The molecule has 0 spiro atoms. The first-order valence-electron chi connectivity index (χ1n) is 6.18. The number of nitrogens with two attached hydrogens (primary N) is 1. The monoisotopic (exact) mass is 302 g/mol. The van der Waals surface area contributed by atoms with E-state index in [-0.39, 0.29) is 12.0 Å². The van der Waals surface area contributed by atoms with E-state index in [4.69, 9.17) is 33.7 Å². The zero-order chi connectivity index (χ0) is 14.0. The summed E-state index contributed by atoms with van der Waals surface area (Å²) >= 11 is 12.0. The molecule has 1 fully saturated rings. The number of nitrogen functional groups attached to an aromatic ring is 1. The molecule has 1 atom stereocenters. The molecule has 0 bridgehead atoms. The number of ether oxygens (including phenoxy) is 1. The van der Waals surface area contributed by atoms with Gasteiger partial charge in [0.1, 0.15) is 6.10 Å². The molecule has 1 aliphatic carbocycles. The van der Waals surface area contributed by atoms with E-state index >= 15 is 0 Å². The summed E-state index contributed by atoms with van der Waals surface area (Å²) in [6, 6.07) is 3.08. The van der Waals surface area contributed by atoms with Crippen LogP contribution in [0.1, 0.15) is 26.2 Å². The number of benzene rings is 1. The Kier molecular flexibility index (Phi) is 4.55. The molecule has 0 heterocycles. The fourth-order valence-electron chi connectivity index (χ4n) is 1.79. The lowest BCUT2D eigenvalue weighted by Gasteiger charge is -2.28. The normalized spacial score (nSPS) is 16.8. The number of carbonyl (C=O) groups excluding carboxylic acids is 1. The van der Waals surface area contributed by atoms with Gasteiger partial charge in [-0.3, -0.25) is 4.79 Å². The zero-order valence-electron chi connectivity index (χ0n) is 10.6. The van der Waals surface area contributed by atoms with Crippen LogP contribution in [0, 0.1) is 0 Å². The van der Waals surface area contributed by atoms with Crippen molar-refractivity contribution in [3.05, 3.63) is 22.2 Å². The average molecular weight is 303 g/mol. The Balaban J connectivity index is 2.01. The molecule has 0 aromatic heterocycles. The van der Waals surface area contributed by atoms with Gasteiger partial charge in [0.2, 0.25) is 0 Å². The number of hydrogen-bond acceptors (Lipinski definition) is 3.